The van der Waals surface area contributed by atoms with Crippen molar-refractivity contribution in [3.8, 4) is 44.5 Å². The number of anilines is 3. The summed E-state index contributed by atoms with van der Waals surface area (Å²) in [6.07, 6.45) is 0. The van der Waals surface area contributed by atoms with Crippen molar-refractivity contribution in [2.24, 2.45) is 0 Å². The first kappa shape index (κ1) is 34.8. The number of fused-ring (bicyclic) bond motifs is 10. The van der Waals surface area contributed by atoms with Crippen molar-refractivity contribution in [3.63, 3.8) is 0 Å². The smallest absolute Gasteiger partial charge is 0.159 e. The second-order valence-electron chi connectivity index (χ2n) is 17.7. The Morgan fingerprint density at radius 1 is 0.367 bits per heavy atom. The van der Waals surface area contributed by atoms with Gasteiger partial charge in [0.15, 0.2) is 5.58 Å². The van der Waals surface area contributed by atoms with Gasteiger partial charge < -0.3 is 9.32 Å². The zero-order valence-corrected chi connectivity index (χ0v) is 34.3. The van der Waals surface area contributed by atoms with Crippen molar-refractivity contribution in [1.29, 1.82) is 0 Å². The van der Waals surface area contributed by atoms with E-state index in [1.807, 2.05) is 0 Å². The molecule has 0 bridgehead atoms. The van der Waals surface area contributed by atoms with Crippen LogP contribution in [-0.2, 0) is 10.8 Å². The van der Waals surface area contributed by atoms with Crippen LogP contribution in [0.5, 0.6) is 0 Å². The Hall–Kier alpha value is -7.16. The standard InChI is InChI=1S/C58H43NO/c1-57(2)49-22-12-10-19-43(49)45-31-29-40(34-51(45)57)59(41-30-32-46-44-20-11-13-23-50(44)58(3,4)52(46)35-41)53-24-14-21-47-48-33-39-17-8-9-18-42(39)54(56(48)60-55(47)53)38-27-25-37(26-28-38)36-15-6-5-7-16-36/h5-35H,1-4H3. The molecule has 286 valence electrons. The molecule has 0 spiro atoms. The Bertz CT molecular complexity index is 3260. The minimum Gasteiger partial charge on any atom is -0.453 e. The van der Waals surface area contributed by atoms with E-state index < -0.39 is 0 Å². The van der Waals surface area contributed by atoms with Crippen molar-refractivity contribution < 1.29 is 4.42 Å². The van der Waals surface area contributed by atoms with E-state index in [4.69, 9.17) is 4.42 Å². The number of nitrogens with zero attached hydrogens (tertiary/aromatic N) is 1. The average Bonchev–Trinajstić information content (AvgIpc) is 3.86. The monoisotopic (exact) mass is 769 g/mol. The third kappa shape index (κ3) is 4.94. The van der Waals surface area contributed by atoms with E-state index in [0.29, 0.717) is 0 Å². The molecule has 1 heterocycles. The molecule has 0 saturated heterocycles. The van der Waals surface area contributed by atoms with Gasteiger partial charge in [0.05, 0.1) is 5.69 Å². The van der Waals surface area contributed by atoms with Gasteiger partial charge in [0, 0.05) is 38.5 Å². The highest BCUT2D eigenvalue weighted by molar-refractivity contribution is 6.20. The van der Waals surface area contributed by atoms with Gasteiger partial charge in [-0.15, -0.1) is 0 Å². The van der Waals surface area contributed by atoms with Gasteiger partial charge in [-0.05, 0) is 108 Å². The van der Waals surface area contributed by atoms with Gasteiger partial charge >= 0.3 is 0 Å². The number of rotatable bonds is 5. The van der Waals surface area contributed by atoms with Crippen molar-refractivity contribution >= 4 is 49.8 Å². The number of hydrogen-bond acceptors (Lipinski definition) is 2. The molecular weight excluding hydrogens is 727 g/mol. The van der Waals surface area contributed by atoms with Gasteiger partial charge in [-0.3, -0.25) is 0 Å². The van der Waals surface area contributed by atoms with E-state index >= 15 is 0 Å². The Kier molecular flexibility index (Phi) is 7.36. The van der Waals surface area contributed by atoms with Crippen LogP contribution in [0.1, 0.15) is 49.9 Å². The van der Waals surface area contributed by atoms with Crippen LogP contribution >= 0.6 is 0 Å². The molecule has 2 heteroatoms. The first-order valence-electron chi connectivity index (χ1n) is 21.1. The largest absolute Gasteiger partial charge is 0.453 e. The second kappa shape index (κ2) is 12.7. The zero-order chi connectivity index (χ0) is 40.3. The number of furan rings is 1. The molecule has 12 rings (SSSR count). The fraction of sp³-hybridized carbons (Fsp3) is 0.103. The van der Waals surface area contributed by atoms with Crippen molar-refractivity contribution in [3.05, 3.63) is 210 Å². The lowest BCUT2D eigenvalue weighted by Crippen LogP contribution is -2.18. The van der Waals surface area contributed by atoms with E-state index in [1.54, 1.807) is 0 Å². The summed E-state index contributed by atoms with van der Waals surface area (Å²) in [4.78, 5) is 2.44. The van der Waals surface area contributed by atoms with Crippen LogP contribution in [0.15, 0.2) is 192 Å². The molecule has 0 amide bonds. The number of hydrogen-bond donors (Lipinski definition) is 0. The molecule has 2 aliphatic carbocycles. The Labute approximate surface area is 351 Å². The SMILES string of the molecule is CC1(C)c2ccccc2-c2ccc(N(c3ccc4c(c3)C(C)(C)c3ccccc3-4)c3cccc4c3oc3c(-c5ccc(-c6ccccc6)cc5)c5ccccc5cc34)cc21. The predicted octanol–water partition coefficient (Wildman–Crippen LogP) is 16.2. The maximum atomic E-state index is 7.34. The third-order valence-corrected chi connectivity index (χ3v) is 13.7. The van der Waals surface area contributed by atoms with Crippen LogP contribution in [0.25, 0.3) is 77.2 Å². The topological polar surface area (TPSA) is 16.4 Å². The highest BCUT2D eigenvalue weighted by Crippen LogP contribution is 2.54. The molecule has 0 unspecified atom stereocenters. The molecular formula is C58H43NO. The molecule has 9 aromatic carbocycles. The molecule has 0 fully saturated rings. The Morgan fingerprint density at radius 2 is 0.883 bits per heavy atom. The normalized spacial score (nSPS) is 14.3. The van der Waals surface area contributed by atoms with E-state index in [0.717, 1.165) is 50.1 Å². The fourth-order valence-electron chi connectivity index (χ4n) is 10.6. The molecule has 60 heavy (non-hydrogen) atoms. The van der Waals surface area contributed by atoms with E-state index in [1.165, 1.54) is 66.4 Å². The van der Waals surface area contributed by atoms with E-state index in [2.05, 4.69) is 221 Å². The molecule has 10 aromatic rings. The number of para-hydroxylation sites is 1. The van der Waals surface area contributed by atoms with Gasteiger partial charge in [0.2, 0.25) is 0 Å². The minimum atomic E-state index is -0.147. The lowest BCUT2D eigenvalue weighted by atomic mass is 9.82. The maximum Gasteiger partial charge on any atom is 0.159 e. The third-order valence-electron chi connectivity index (χ3n) is 13.7. The molecule has 0 aliphatic heterocycles. The molecule has 0 atom stereocenters. The summed E-state index contributed by atoms with van der Waals surface area (Å²) in [5, 5.41) is 4.58. The molecule has 0 N–H and O–H groups in total. The maximum absolute atomic E-state index is 7.34. The lowest BCUT2D eigenvalue weighted by Gasteiger charge is -2.29. The lowest BCUT2D eigenvalue weighted by molar-refractivity contribution is 0.659. The molecule has 0 radical (unpaired) electrons. The summed E-state index contributed by atoms with van der Waals surface area (Å²) in [6, 6.07) is 69.1. The minimum absolute atomic E-state index is 0.147. The van der Waals surface area contributed by atoms with Gasteiger partial charge in [0.1, 0.15) is 5.58 Å². The van der Waals surface area contributed by atoms with Crippen LogP contribution in [0.2, 0.25) is 0 Å². The first-order valence-corrected chi connectivity index (χ1v) is 21.1. The summed E-state index contributed by atoms with van der Waals surface area (Å²) < 4.78 is 7.34. The van der Waals surface area contributed by atoms with Crippen LogP contribution in [-0.4, -0.2) is 0 Å². The predicted molar refractivity (Wildman–Crippen MR) is 252 cm³/mol. The summed E-state index contributed by atoms with van der Waals surface area (Å²) in [7, 11) is 0. The molecule has 0 saturated carbocycles. The number of benzene rings is 9. The molecule has 2 nitrogen and oxygen atoms in total. The van der Waals surface area contributed by atoms with Gasteiger partial charge in [0.25, 0.3) is 0 Å². The van der Waals surface area contributed by atoms with Crippen molar-refractivity contribution in [1.82, 2.24) is 0 Å². The fourth-order valence-corrected chi connectivity index (χ4v) is 10.6. The average molecular weight is 770 g/mol. The van der Waals surface area contributed by atoms with Gasteiger partial charge in [-0.25, -0.2) is 0 Å². The van der Waals surface area contributed by atoms with E-state index in [9.17, 15) is 0 Å². The Morgan fingerprint density at radius 3 is 1.53 bits per heavy atom. The summed E-state index contributed by atoms with van der Waals surface area (Å²) >= 11 is 0. The van der Waals surface area contributed by atoms with Gasteiger partial charge in [-0.2, -0.15) is 0 Å². The summed E-state index contributed by atoms with van der Waals surface area (Å²) in [5.41, 5.74) is 20.0. The highest BCUT2D eigenvalue weighted by atomic mass is 16.3. The first-order chi connectivity index (χ1) is 29.3. The van der Waals surface area contributed by atoms with Crippen molar-refractivity contribution in [2.75, 3.05) is 4.90 Å². The Balaban J connectivity index is 1.10. The highest BCUT2D eigenvalue weighted by Gasteiger charge is 2.38. The summed E-state index contributed by atoms with van der Waals surface area (Å²) in [5.74, 6) is 0. The van der Waals surface area contributed by atoms with Crippen LogP contribution < -0.4 is 4.90 Å². The summed E-state index contributed by atoms with van der Waals surface area (Å²) in [6.45, 7) is 9.44. The van der Waals surface area contributed by atoms with Crippen molar-refractivity contribution in [2.45, 2.75) is 38.5 Å². The van der Waals surface area contributed by atoms with Crippen LogP contribution in [0, 0.1) is 0 Å². The molecule has 2 aliphatic rings. The zero-order valence-electron chi connectivity index (χ0n) is 34.3. The van der Waals surface area contributed by atoms with Gasteiger partial charge in [-0.1, -0.05) is 179 Å². The van der Waals surface area contributed by atoms with E-state index in [-0.39, 0.29) is 10.8 Å². The van der Waals surface area contributed by atoms with Crippen LogP contribution in [0.3, 0.4) is 0 Å². The van der Waals surface area contributed by atoms with Crippen LogP contribution in [0.4, 0.5) is 17.1 Å². The second-order valence-corrected chi connectivity index (χ2v) is 17.7. The molecule has 1 aromatic heterocycles. The quantitative estimate of drug-likeness (QED) is 0.173.